The molecule has 0 aliphatic heterocycles. The van der Waals surface area contributed by atoms with Gasteiger partial charge < -0.3 is 5.11 Å². The Morgan fingerprint density at radius 1 is 1.26 bits per heavy atom. The fourth-order valence-electron chi connectivity index (χ4n) is 1.94. The Morgan fingerprint density at radius 2 is 2.05 bits per heavy atom. The number of aromatic nitrogens is 2. The van der Waals surface area contributed by atoms with Crippen LogP contribution in [0.1, 0.15) is 30.0 Å². The summed E-state index contributed by atoms with van der Waals surface area (Å²) in [6, 6.07) is 9.56. The maximum absolute atomic E-state index is 9.83. The molecular weight excluding hydrogens is 238 g/mol. The average Bonchev–Trinajstić information content (AvgIpc) is 2.43. The summed E-state index contributed by atoms with van der Waals surface area (Å²) in [6.07, 6.45) is 1.79. The van der Waals surface area contributed by atoms with Crippen LogP contribution in [0.5, 0.6) is 5.75 Å². The van der Waals surface area contributed by atoms with Gasteiger partial charge in [-0.25, -0.2) is 0 Å². The van der Waals surface area contributed by atoms with Gasteiger partial charge in [0.05, 0.1) is 11.4 Å². The molecule has 0 unspecified atom stereocenters. The fourth-order valence-corrected chi connectivity index (χ4v) is 1.94. The topological polar surface area (TPSA) is 49.2 Å². The molecule has 0 saturated heterocycles. The number of nitrogens with zero attached hydrogens (tertiary/aromatic N) is 3. The number of rotatable bonds is 4. The lowest BCUT2D eigenvalue weighted by atomic mass is 10.2. The van der Waals surface area contributed by atoms with Crippen molar-refractivity contribution in [1.29, 1.82) is 0 Å². The van der Waals surface area contributed by atoms with Crippen LogP contribution in [0.4, 0.5) is 0 Å². The number of hydrogen-bond donors (Lipinski definition) is 1. The highest BCUT2D eigenvalue weighted by atomic mass is 16.3. The molecule has 4 heteroatoms. The van der Waals surface area contributed by atoms with E-state index < -0.39 is 0 Å². The zero-order valence-electron chi connectivity index (χ0n) is 11.5. The van der Waals surface area contributed by atoms with Crippen molar-refractivity contribution in [3.05, 3.63) is 53.6 Å². The Morgan fingerprint density at radius 3 is 2.74 bits per heavy atom. The SMILES string of the molecule is Cc1ccc(O)c(CN(C)[C@@H](C)c2ccccn2)n1. The first-order chi connectivity index (χ1) is 9.08. The maximum Gasteiger partial charge on any atom is 0.138 e. The summed E-state index contributed by atoms with van der Waals surface area (Å²) in [7, 11) is 2.00. The van der Waals surface area contributed by atoms with Gasteiger partial charge >= 0.3 is 0 Å². The molecule has 0 amide bonds. The van der Waals surface area contributed by atoms with Crippen molar-refractivity contribution in [1.82, 2.24) is 14.9 Å². The molecule has 19 heavy (non-hydrogen) atoms. The number of aromatic hydroxyl groups is 1. The average molecular weight is 257 g/mol. The van der Waals surface area contributed by atoms with E-state index in [-0.39, 0.29) is 11.8 Å². The first-order valence-corrected chi connectivity index (χ1v) is 6.34. The van der Waals surface area contributed by atoms with E-state index in [0.717, 1.165) is 11.4 Å². The second kappa shape index (κ2) is 5.80. The Hall–Kier alpha value is -1.94. The van der Waals surface area contributed by atoms with Gasteiger partial charge in [0.1, 0.15) is 5.75 Å². The normalized spacial score (nSPS) is 12.6. The molecule has 0 aliphatic carbocycles. The Balaban J connectivity index is 2.12. The van der Waals surface area contributed by atoms with Crippen molar-refractivity contribution in [3.63, 3.8) is 0 Å². The van der Waals surface area contributed by atoms with Crippen molar-refractivity contribution in [3.8, 4) is 5.75 Å². The highest BCUT2D eigenvalue weighted by Crippen LogP contribution is 2.22. The summed E-state index contributed by atoms with van der Waals surface area (Å²) in [6.45, 7) is 4.60. The minimum absolute atomic E-state index is 0.169. The van der Waals surface area contributed by atoms with Gasteiger partial charge in [0.2, 0.25) is 0 Å². The summed E-state index contributed by atoms with van der Waals surface area (Å²) in [5, 5.41) is 9.83. The van der Waals surface area contributed by atoms with Gasteiger partial charge in [0.25, 0.3) is 0 Å². The molecule has 2 rings (SSSR count). The summed E-state index contributed by atoms with van der Waals surface area (Å²) in [5.74, 6) is 0.241. The van der Waals surface area contributed by atoms with Crippen LogP contribution in [-0.2, 0) is 6.54 Å². The third kappa shape index (κ3) is 3.29. The molecule has 4 nitrogen and oxygen atoms in total. The van der Waals surface area contributed by atoms with E-state index in [2.05, 4.69) is 21.8 Å². The van der Waals surface area contributed by atoms with Crippen molar-refractivity contribution in [2.45, 2.75) is 26.4 Å². The van der Waals surface area contributed by atoms with E-state index in [1.54, 1.807) is 18.3 Å². The predicted molar refractivity (Wildman–Crippen MR) is 74.8 cm³/mol. The lowest BCUT2D eigenvalue weighted by molar-refractivity contribution is 0.242. The molecular formula is C15H19N3O. The molecule has 0 bridgehead atoms. The van der Waals surface area contributed by atoms with E-state index in [4.69, 9.17) is 0 Å². The van der Waals surface area contributed by atoms with E-state index in [0.29, 0.717) is 12.2 Å². The zero-order chi connectivity index (χ0) is 13.8. The van der Waals surface area contributed by atoms with Crippen LogP contribution in [0.15, 0.2) is 36.5 Å². The molecule has 2 aromatic heterocycles. The quantitative estimate of drug-likeness (QED) is 0.915. The van der Waals surface area contributed by atoms with E-state index in [1.807, 2.05) is 32.2 Å². The monoisotopic (exact) mass is 257 g/mol. The van der Waals surface area contributed by atoms with Crippen molar-refractivity contribution < 1.29 is 5.11 Å². The van der Waals surface area contributed by atoms with Crippen molar-refractivity contribution in [2.24, 2.45) is 0 Å². The first kappa shape index (κ1) is 13.5. The highest BCUT2D eigenvalue weighted by Gasteiger charge is 2.15. The largest absolute Gasteiger partial charge is 0.506 e. The smallest absolute Gasteiger partial charge is 0.138 e. The molecule has 100 valence electrons. The van der Waals surface area contributed by atoms with E-state index >= 15 is 0 Å². The Bertz CT molecular complexity index is 542. The van der Waals surface area contributed by atoms with Gasteiger partial charge in [-0.2, -0.15) is 0 Å². The predicted octanol–water partition coefficient (Wildman–Crippen LogP) is 2.68. The second-order valence-electron chi connectivity index (χ2n) is 4.76. The highest BCUT2D eigenvalue weighted by molar-refractivity contribution is 5.27. The fraction of sp³-hybridized carbons (Fsp3) is 0.333. The van der Waals surface area contributed by atoms with Crippen LogP contribution < -0.4 is 0 Å². The molecule has 1 atom stereocenters. The van der Waals surface area contributed by atoms with Crippen LogP contribution in [0, 0.1) is 6.92 Å². The number of hydrogen-bond acceptors (Lipinski definition) is 4. The molecule has 0 saturated carbocycles. The Kier molecular flexibility index (Phi) is 4.12. The minimum atomic E-state index is 0.169. The molecule has 0 fully saturated rings. The number of pyridine rings is 2. The van der Waals surface area contributed by atoms with E-state index in [1.165, 1.54) is 0 Å². The van der Waals surface area contributed by atoms with Crippen molar-refractivity contribution >= 4 is 0 Å². The van der Waals surface area contributed by atoms with Crippen LogP contribution >= 0.6 is 0 Å². The van der Waals surface area contributed by atoms with Gasteiger partial charge in [-0.05, 0) is 45.2 Å². The molecule has 0 spiro atoms. The van der Waals surface area contributed by atoms with Crippen LogP contribution in [-0.4, -0.2) is 27.0 Å². The Labute approximate surface area is 113 Å². The lowest BCUT2D eigenvalue weighted by Gasteiger charge is -2.24. The van der Waals surface area contributed by atoms with Crippen molar-refractivity contribution in [2.75, 3.05) is 7.05 Å². The van der Waals surface area contributed by atoms with E-state index in [9.17, 15) is 5.11 Å². The van der Waals surface area contributed by atoms with Gasteiger partial charge in [-0.15, -0.1) is 0 Å². The minimum Gasteiger partial charge on any atom is -0.506 e. The third-order valence-corrected chi connectivity index (χ3v) is 3.27. The third-order valence-electron chi connectivity index (χ3n) is 3.27. The molecule has 2 heterocycles. The summed E-state index contributed by atoms with van der Waals surface area (Å²) in [4.78, 5) is 10.8. The molecule has 1 N–H and O–H groups in total. The van der Waals surface area contributed by atoms with Crippen LogP contribution in [0.25, 0.3) is 0 Å². The maximum atomic E-state index is 9.83. The van der Waals surface area contributed by atoms with Crippen LogP contribution in [0.2, 0.25) is 0 Å². The summed E-state index contributed by atoms with van der Waals surface area (Å²) >= 11 is 0. The van der Waals surface area contributed by atoms with Gasteiger partial charge in [0, 0.05) is 24.5 Å². The zero-order valence-corrected chi connectivity index (χ0v) is 11.5. The second-order valence-corrected chi connectivity index (χ2v) is 4.76. The van der Waals surface area contributed by atoms with Gasteiger partial charge in [-0.1, -0.05) is 6.07 Å². The standard InChI is InChI=1S/C15H19N3O/c1-11-7-8-15(19)14(17-11)10-18(3)12(2)13-6-4-5-9-16-13/h4-9,12,19H,10H2,1-3H3/t12-/m0/s1. The molecule has 0 radical (unpaired) electrons. The van der Waals surface area contributed by atoms with Gasteiger partial charge in [-0.3, -0.25) is 14.9 Å². The number of aryl methyl sites for hydroxylation is 1. The molecule has 0 aliphatic rings. The lowest BCUT2D eigenvalue weighted by Crippen LogP contribution is -2.23. The van der Waals surface area contributed by atoms with Gasteiger partial charge in [0.15, 0.2) is 0 Å². The first-order valence-electron chi connectivity index (χ1n) is 6.34. The molecule has 2 aromatic rings. The molecule has 0 aromatic carbocycles. The summed E-state index contributed by atoms with van der Waals surface area (Å²) < 4.78 is 0. The van der Waals surface area contributed by atoms with Crippen LogP contribution in [0.3, 0.4) is 0 Å². The summed E-state index contributed by atoms with van der Waals surface area (Å²) in [5.41, 5.74) is 2.62.